The molecule has 0 N–H and O–H groups in total. The molecular formula is C12H8BrF5N2. The predicted octanol–water partition coefficient (Wildman–Crippen LogP) is 4.72. The summed E-state index contributed by atoms with van der Waals surface area (Å²) in [5.74, 6) is 0. The van der Waals surface area contributed by atoms with Crippen molar-refractivity contribution in [3.05, 3.63) is 47.3 Å². The minimum Gasteiger partial charge on any atom is -0.232 e. The first-order valence-electron chi connectivity index (χ1n) is 5.43. The van der Waals surface area contributed by atoms with Gasteiger partial charge in [-0.3, -0.25) is 0 Å². The van der Waals surface area contributed by atoms with Crippen LogP contribution in [0, 0.1) is 0 Å². The smallest absolute Gasteiger partial charge is 0.232 e. The molecule has 0 spiro atoms. The van der Waals surface area contributed by atoms with Crippen LogP contribution in [0.1, 0.15) is 23.2 Å². The lowest BCUT2D eigenvalue weighted by Gasteiger charge is -2.11. The van der Waals surface area contributed by atoms with Crippen LogP contribution >= 0.6 is 15.9 Å². The molecule has 0 aliphatic rings. The van der Waals surface area contributed by atoms with Crippen LogP contribution in [0.5, 0.6) is 0 Å². The van der Waals surface area contributed by atoms with Crippen LogP contribution in [0.4, 0.5) is 22.0 Å². The van der Waals surface area contributed by atoms with E-state index in [0.717, 1.165) is 22.9 Å². The van der Waals surface area contributed by atoms with Gasteiger partial charge in [-0.15, -0.1) is 0 Å². The highest BCUT2D eigenvalue weighted by Crippen LogP contribution is 2.32. The normalized spacial score (nSPS) is 12.2. The van der Waals surface area contributed by atoms with Crippen molar-refractivity contribution in [2.75, 3.05) is 0 Å². The molecule has 1 aromatic heterocycles. The van der Waals surface area contributed by atoms with Gasteiger partial charge in [0.2, 0.25) is 0 Å². The maximum atomic E-state index is 13.0. The highest BCUT2D eigenvalue weighted by molar-refractivity contribution is 9.08. The summed E-state index contributed by atoms with van der Waals surface area (Å²) < 4.78 is 64.8. The lowest BCUT2D eigenvalue weighted by atomic mass is 10.2. The van der Waals surface area contributed by atoms with Crippen molar-refractivity contribution < 1.29 is 22.0 Å². The van der Waals surface area contributed by atoms with Crippen molar-refractivity contribution in [3.8, 4) is 5.69 Å². The van der Waals surface area contributed by atoms with E-state index in [1.54, 1.807) is 0 Å². The molecular weight excluding hydrogens is 347 g/mol. The third-order valence-corrected chi connectivity index (χ3v) is 3.26. The number of hydrogen-bond acceptors (Lipinski definition) is 1. The van der Waals surface area contributed by atoms with Gasteiger partial charge in [0, 0.05) is 10.9 Å². The molecule has 0 bridgehead atoms. The fourth-order valence-electron chi connectivity index (χ4n) is 1.75. The molecule has 2 rings (SSSR count). The Morgan fingerprint density at radius 3 is 2.50 bits per heavy atom. The Balaban J connectivity index is 2.55. The van der Waals surface area contributed by atoms with Crippen LogP contribution in [0.25, 0.3) is 5.69 Å². The van der Waals surface area contributed by atoms with Gasteiger partial charge in [-0.1, -0.05) is 22.0 Å². The van der Waals surface area contributed by atoms with Crippen molar-refractivity contribution in [2.24, 2.45) is 0 Å². The third kappa shape index (κ3) is 2.84. The number of alkyl halides is 6. The average Bonchev–Trinajstić information content (AvgIpc) is 2.81. The zero-order valence-corrected chi connectivity index (χ0v) is 11.4. The number of nitrogens with zero attached hydrogens (tertiary/aromatic N) is 2. The molecule has 0 unspecified atom stereocenters. The lowest BCUT2D eigenvalue weighted by Crippen LogP contribution is -2.08. The van der Waals surface area contributed by atoms with Crippen LogP contribution in [-0.4, -0.2) is 9.78 Å². The van der Waals surface area contributed by atoms with Crippen molar-refractivity contribution in [1.82, 2.24) is 9.78 Å². The summed E-state index contributed by atoms with van der Waals surface area (Å²) in [4.78, 5) is 0. The molecule has 0 saturated carbocycles. The Morgan fingerprint density at radius 2 is 1.95 bits per heavy atom. The minimum atomic E-state index is -4.54. The maximum Gasteiger partial charge on any atom is 0.416 e. The SMILES string of the molecule is FC(F)c1c(CBr)cnn1-c1cccc(C(F)(F)F)c1. The number of hydrogen-bond donors (Lipinski definition) is 0. The largest absolute Gasteiger partial charge is 0.416 e. The second-order valence-electron chi connectivity index (χ2n) is 3.95. The molecule has 0 aliphatic carbocycles. The molecule has 0 radical (unpaired) electrons. The summed E-state index contributed by atoms with van der Waals surface area (Å²) in [6.45, 7) is 0. The molecule has 108 valence electrons. The first-order valence-corrected chi connectivity index (χ1v) is 6.55. The van der Waals surface area contributed by atoms with E-state index in [-0.39, 0.29) is 16.6 Å². The fourth-order valence-corrected chi connectivity index (χ4v) is 2.18. The van der Waals surface area contributed by atoms with Gasteiger partial charge in [0.15, 0.2) is 0 Å². The van der Waals surface area contributed by atoms with Gasteiger partial charge in [-0.25, -0.2) is 13.5 Å². The highest BCUT2D eigenvalue weighted by Gasteiger charge is 2.31. The van der Waals surface area contributed by atoms with E-state index in [1.165, 1.54) is 12.3 Å². The van der Waals surface area contributed by atoms with Gasteiger partial charge in [-0.05, 0) is 18.2 Å². The summed E-state index contributed by atoms with van der Waals surface area (Å²) in [5, 5.41) is 3.89. The summed E-state index contributed by atoms with van der Waals surface area (Å²) in [5.41, 5.74) is -1.15. The van der Waals surface area contributed by atoms with E-state index in [4.69, 9.17) is 0 Å². The molecule has 0 saturated heterocycles. The zero-order chi connectivity index (χ0) is 14.9. The van der Waals surface area contributed by atoms with Crippen molar-refractivity contribution in [2.45, 2.75) is 17.9 Å². The molecule has 1 heterocycles. The molecule has 0 amide bonds. The summed E-state index contributed by atoms with van der Waals surface area (Å²) in [6, 6.07) is 4.12. The Labute approximate surface area is 119 Å². The van der Waals surface area contributed by atoms with Crippen LogP contribution in [0.2, 0.25) is 0 Å². The topological polar surface area (TPSA) is 17.8 Å². The van der Waals surface area contributed by atoms with E-state index in [0.29, 0.717) is 0 Å². The third-order valence-electron chi connectivity index (χ3n) is 2.65. The van der Waals surface area contributed by atoms with Crippen LogP contribution in [-0.2, 0) is 11.5 Å². The monoisotopic (exact) mass is 354 g/mol. The molecule has 2 nitrogen and oxygen atoms in total. The molecule has 1 aromatic carbocycles. The summed E-state index contributed by atoms with van der Waals surface area (Å²) >= 11 is 3.04. The maximum absolute atomic E-state index is 13.0. The second-order valence-corrected chi connectivity index (χ2v) is 4.51. The highest BCUT2D eigenvalue weighted by atomic mass is 79.9. The molecule has 2 aromatic rings. The molecule has 0 atom stereocenters. The van der Waals surface area contributed by atoms with Gasteiger partial charge >= 0.3 is 6.18 Å². The number of benzene rings is 1. The Kier molecular flexibility index (Phi) is 4.12. The van der Waals surface area contributed by atoms with Crippen molar-refractivity contribution in [3.63, 3.8) is 0 Å². The predicted molar refractivity (Wildman–Crippen MR) is 66.2 cm³/mol. The van der Waals surface area contributed by atoms with E-state index >= 15 is 0 Å². The standard InChI is InChI=1S/C12H8BrF5N2/c13-5-7-6-19-20(10(7)11(14)15)9-3-1-2-8(4-9)12(16,17)18/h1-4,6,11H,5H2. The zero-order valence-electron chi connectivity index (χ0n) is 9.83. The van der Waals surface area contributed by atoms with Gasteiger partial charge in [0.1, 0.15) is 5.69 Å². The van der Waals surface area contributed by atoms with Crippen LogP contribution in [0.15, 0.2) is 30.5 Å². The molecule has 0 fully saturated rings. The van der Waals surface area contributed by atoms with Gasteiger partial charge in [0.05, 0.1) is 17.4 Å². The molecule has 8 heteroatoms. The second kappa shape index (κ2) is 5.51. The van der Waals surface area contributed by atoms with Gasteiger partial charge in [0.25, 0.3) is 6.43 Å². The van der Waals surface area contributed by atoms with Crippen LogP contribution in [0.3, 0.4) is 0 Å². The Hall–Kier alpha value is -1.44. The van der Waals surface area contributed by atoms with E-state index in [2.05, 4.69) is 21.0 Å². The number of rotatable bonds is 3. The first-order chi connectivity index (χ1) is 9.34. The van der Waals surface area contributed by atoms with Gasteiger partial charge in [-0.2, -0.15) is 18.3 Å². The average molecular weight is 355 g/mol. The first kappa shape index (κ1) is 15.0. The number of aromatic nitrogens is 2. The van der Waals surface area contributed by atoms with E-state index in [9.17, 15) is 22.0 Å². The summed E-state index contributed by atoms with van der Waals surface area (Å²) in [6.07, 6.45) is -6.16. The van der Waals surface area contributed by atoms with Crippen LogP contribution < -0.4 is 0 Å². The van der Waals surface area contributed by atoms with Crippen molar-refractivity contribution in [1.29, 1.82) is 0 Å². The quantitative estimate of drug-likeness (QED) is 0.575. The fraction of sp³-hybridized carbons (Fsp3) is 0.250. The lowest BCUT2D eigenvalue weighted by molar-refractivity contribution is -0.137. The Morgan fingerprint density at radius 1 is 1.25 bits per heavy atom. The van der Waals surface area contributed by atoms with Gasteiger partial charge < -0.3 is 0 Å². The number of halogens is 6. The van der Waals surface area contributed by atoms with E-state index in [1.807, 2.05) is 0 Å². The van der Waals surface area contributed by atoms with Crippen molar-refractivity contribution >= 4 is 15.9 Å². The molecule has 20 heavy (non-hydrogen) atoms. The Bertz CT molecular complexity index is 606. The minimum absolute atomic E-state index is 0.0534. The summed E-state index contributed by atoms with van der Waals surface area (Å²) in [7, 11) is 0. The van der Waals surface area contributed by atoms with E-state index < -0.39 is 23.9 Å². The molecule has 0 aliphatic heterocycles.